The Hall–Kier alpha value is -1.39. The second-order valence-electron chi connectivity index (χ2n) is 4.84. The van der Waals surface area contributed by atoms with Gasteiger partial charge in [-0.1, -0.05) is 44.2 Å². The van der Waals surface area contributed by atoms with Crippen LogP contribution < -0.4 is 5.32 Å². The fraction of sp³-hybridized carbons (Fsp3) is 0.294. The van der Waals surface area contributed by atoms with Gasteiger partial charge in [0.05, 0.1) is 0 Å². The Labute approximate surface area is 128 Å². The molecule has 2 aromatic rings. The summed E-state index contributed by atoms with van der Waals surface area (Å²) in [6, 6.07) is 14.4. The summed E-state index contributed by atoms with van der Waals surface area (Å²) in [6.45, 7) is 5.00. The minimum absolute atomic E-state index is 0.161. The van der Waals surface area contributed by atoms with Gasteiger partial charge < -0.3 is 5.32 Å². The zero-order valence-corrected chi connectivity index (χ0v) is 13.0. The second kappa shape index (κ2) is 7.57. The van der Waals surface area contributed by atoms with E-state index in [2.05, 4.69) is 31.3 Å². The minimum atomic E-state index is -0.807. The number of hydrogen-bond donors (Lipinski definition) is 1. The average Bonchev–Trinajstić information content (AvgIpc) is 2.49. The zero-order valence-electron chi connectivity index (χ0n) is 12.1. The average molecular weight is 307 g/mol. The maximum atomic E-state index is 13.3. The van der Waals surface area contributed by atoms with Crippen LogP contribution in [-0.4, -0.2) is 11.8 Å². The second-order valence-corrected chi connectivity index (χ2v) is 6.30. The number of thioether (sulfide) groups is 1. The van der Waals surface area contributed by atoms with Gasteiger partial charge in [0.1, 0.15) is 0 Å². The first-order valence-electron chi connectivity index (χ1n) is 7.02. The van der Waals surface area contributed by atoms with Crippen LogP contribution in [0.2, 0.25) is 0 Å². The largest absolute Gasteiger partial charge is 0.309 e. The van der Waals surface area contributed by atoms with Crippen molar-refractivity contribution in [3.05, 3.63) is 65.7 Å². The van der Waals surface area contributed by atoms with Crippen LogP contribution >= 0.6 is 11.8 Å². The third-order valence-corrected chi connectivity index (χ3v) is 4.44. The standard InChI is InChI=1S/C17H19F2NS/c1-3-20-17(13-7-5-4-6-8-13)12(2)21-14-9-10-15(18)16(19)11-14/h4-12,17,20H,3H2,1-2H3. The first-order valence-corrected chi connectivity index (χ1v) is 7.89. The Kier molecular flexibility index (Phi) is 5.76. The highest BCUT2D eigenvalue weighted by Crippen LogP contribution is 2.32. The summed E-state index contributed by atoms with van der Waals surface area (Å²) in [5, 5.41) is 3.65. The van der Waals surface area contributed by atoms with Gasteiger partial charge in [0.2, 0.25) is 0 Å². The van der Waals surface area contributed by atoms with E-state index in [4.69, 9.17) is 0 Å². The molecule has 2 unspecified atom stereocenters. The lowest BCUT2D eigenvalue weighted by Crippen LogP contribution is -2.28. The number of nitrogens with one attached hydrogen (secondary N) is 1. The van der Waals surface area contributed by atoms with Crippen molar-refractivity contribution >= 4 is 11.8 Å². The maximum Gasteiger partial charge on any atom is 0.159 e. The molecule has 4 heteroatoms. The van der Waals surface area contributed by atoms with Gasteiger partial charge in [-0.05, 0) is 30.3 Å². The molecule has 0 fully saturated rings. The number of halogens is 2. The topological polar surface area (TPSA) is 12.0 Å². The fourth-order valence-electron chi connectivity index (χ4n) is 2.27. The van der Waals surface area contributed by atoms with Gasteiger partial charge in [0.25, 0.3) is 0 Å². The van der Waals surface area contributed by atoms with Crippen LogP contribution in [0.1, 0.15) is 25.5 Å². The van der Waals surface area contributed by atoms with Crippen molar-refractivity contribution < 1.29 is 8.78 Å². The molecule has 1 N–H and O–H groups in total. The van der Waals surface area contributed by atoms with Crippen molar-refractivity contribution in [2.24, 2.45) is 0 Å². The molecule has 1 nitrogen and oxygen atoms in total. The molecule has 112 valence electrons. The Morgan fingerprint density at radius 3 is 2.38 bits per heavy atom. The van der Waals surface area contributed by atoms with E-state index in [9.17, 15) is 8.78 Å². The molecule has 0 aliphatic heterocycles. The summed E-state index contributed by atoms with van der Waals surface area (Å²) in [5.41, 5.74) is 1.20. The molecule has 2 aromatic carbocycles. The lowest BCUT2D eigenvalue weighted by atomic mass is 10.0. The maximum absolute atomic E-state index is 13.3. The highest BCUT2D eigenvalue weighted by molar-refractivity contribution is 8.00. The van der Waals surface area contributed by atoms with E-state index in [0.717, 1.165) is 11.4 Å². The first kappa shape index (κ1) is 16.0. The molecule has 0 aromatic heterocycles. The van der Waals surface area contributed by atoms with Crippen LogP contribution in [0.25, 0.3) is 0 Å². The first-order chi connectivity index (χ1) is 10.1. The molecule has 0 amide bonds. The van der Waals surface area contributed by atoms with Gasteiger partial charge >= 0.3 is 0 Å². The summed E-state index contributed by atoms with van der Waals surface area (Å²) in [5.74, 6) is -1.61. The molecule has 0 saturated heterocycles. The fourth-order valence-corrected chi connectivity index (χ4v) is 3.40. The molecular weight excluding hydrogens is 288 g/mol. The Morgan fingerprint density at radius 1 is 1.05 bits per heavy atom. The summed E-state index contributed by atoms with van der Waals surface area (Å²) in [4.78, 5) is 0.736. The molecular formula is C17H19F2NS. The van der Waals surface area contributed by atoms with Crippen LogP contribution in [0.4, 0.5) is 8.78 Å². The van der Waals surface area contributed by atoms with Gasteiger partial charge in [-0.15, -0.1) is 11.8 Å². The van der Waals surface area contributed by atoms with Gasteiger partial charge in [0, 0.05) is 16.2 Å². The van der Waals surface area contributed by atoms with Crippen LogP contribution in [0.3, 0.4) is 0 Å². The molecule has 0 bridgehead atoms. The quantitative estimate of drug-likeness (QED) is 0.770. The zero-order chi connectivity index (χ0) is 15.2. The van der Waals surface area contributed by atoms with Crippen molar-refractivity contribution in [1.29, 1.82) is 0 Å². The highest BCUT2D eigenvalue weighted by atomic mass is 32.2. The monoisotopic (exact) mass is 307 g/mol. The molecule has 2 rings (SSSR count). The molecule has 0 heterocycles. The third kappa shape index (κ3) is 4.29. The van der Waals surface area contributed by atoms with E-state index in [1.54, 1.807) is 17.8 Å². The predicted molar refractivity (Wildman–Crippen MR) is 84.5 cm³/mol. The predicted octanol–water partition coefficient (Wildman–Crippen LogP) is 4.80. The Morgan fingerprint density at radius 2 is 1.76 bits per heavy atom. The van der Waals surface area contributed by atoms with Crippen molar-refractivity contribution in [1.82, 2.24) is 5.32 Å². The molecule has 0 aliphatic rings. The number of hydrogen-bond acceptors (Lipinski definition) is 2. The highest BCUT2D eigenvalue weighted by Gasteiger charge is 2.19. The molecule has 0 aliphatic carbocycles. The van der Waals surface area contributed by atoms with E-state index in [1.165, 1.54) is 17.7 Å². The molecule has 0 saturated carbocycles. The number of rotatable bonds is 6. The van der Waals surface area contributed by atoms with Gasteiger partial charge in [0.15, 0.2) is 11.6 Å². The summed E-state index contributed by atoms with van der Waals surface area (Å²) in [6.07, 6.45) is 0. The minimum Gasteiger partial charge on any atom is -0.309 e. The summed E-state index contributed by atoms with van der Waals surface area (Å²) >= 11 is 1.54. The Balaban J connectivity index is 2.15. The summed E-state index contributed by atoms with van der Waals surface area (Å²) in [7, 11) is 0. The van der Waals surface area contributed by atoms with E-state index in [-0.39, 0.29) is 11.3 Å². The normalized spacial score (nSPS) is 13.9. The lowest BCUT2D eigenvalue weighted by molar-refractivity contribution is 0.505. The van der Waals surface area contributed by atoms with Crippen molar-refractivity contribution in [2.45, 2.75) is 30.0 Å². The van der Waals surface area contributed by atoms with Gasteiger partial charge in [-0.2, -0.15) is 0 Å². The molecule has 0 spiro atoms. The van der Waals surface area contributed by atoms with Crippen LogP contribution in [0.15, 0.2) is 53.4 Å². The van der Waals surface area contributed by atoms with Crippen LogP contribution in [0, 0.1) is 11.6 Å². The van der Waals surface area contributed by atoms with Crippen molar-refractivity contribution in [3.8, 4) is 0 Å². The van der Waals surface area contributed by atoms with E-state index >= 15 is 0 Å². The van der Waals surface area contributed by atoms with E-state index in [0.29, 0.717) is 0 Å². The van der Waals surface area contributed by atoms with Crippen molar-refractivity contribution in [2.75, 3.05) is 6.54 Å². The van der Waals surface area contributed by atoms with Gasteiger partial charge in [-0.3, -0.25) is 0 Å². The molecule has 0 radical (unpaired) electrons. The molecule has 21 heavy (non-hydrogen) atoms. The third-order valence-electron chi connectivity index (χ3n) is 3.27. The SMILES string of the molecule is CCNC(c1ccccc1)C(C)Sc1ccc(F)c(F)c1. The number of benzene rings is 2. The Bertz CT molecular complexity index is 574. The lowest BCUT2D eigenvalue weighted by Gasteiger charge is -2.25. The van der Waals surface area contributed by atoms with E-state index < -0.39 is 11.6 Å². The smallest absolute Gasteiger partial charge is 0.159 e. The van der Waals surface area contributed by atoms with Crippen molar-refractivity contribution in [3.63, 3.8) is 0 Å². The van der Waals surface area contributed by atoms with E-state index in [1.807, 2.05) is 18.2 Å². The van der Waals surface area contributed by atoms with Crippen LogP contribution in [-0.2, 0) is 0 Å². The van der Waals surface area contributed by atoms with Gasteiger partial charge in [-0.25, -0.2) is 8.78 Å². The van der Waals surface area contributed by atoms with Crippen LogP contribution in [0.5, 0.6) is 0 Å². The molecule has 2 atom stereocenters. The summed E-state index contributed by atoms with van der Waals surface area (Å²) < 4.78 is 26.3.